The van der Waals surface area contributed by atoms with Crippen LogP contribution in [0.1, 0.15) is 32.6 Å². The van der Waals surface area contributed by atoms with E-state index in [1.807, 2.05) is 12.1 Å². The van der Waals surface area contributed by atoms with Gasteiger partial charge in [-0.2, -0.15) is 0 Å². The average Bonchev–Trinajstić information content (AvgIpc) is 3.59. The molecule has 0 atom stereocenters. The number of fused-ring (bicyclic) bond motifs is 4. The number of hydrogen-bond acceptors (Lipinski definition) is 3. The topological polar surface area (TPSA) is 35.5 Å². The smallest absolute Gasteiger partial charge is 0.337 e. The molecule has 0 unspecified atom stereocenters. The minimum atomic E-state index is -0.325. The highest BCUT2D eigenvalue weighted by Crippen LogP contribution is 2.59. The second kappa shape index (κ2) is 9.06. The fraction of sp³-hybridized carbons (Fsp3) is 0.154. The molecule has 8 rings (SSSR count). The minimum absolute atomic E-state index is 0.325. The maximum absolute atomic E-state index is 12.3. The number of benzene rings is 6. The molecule has 0 heterocycles. The van der Waals surface area contributed by atoms with Crippen molar-refractivity contribution in [3.05, 3.63) is 113 Å². The van der Waals surface area contributed by atoms with E-state index in [1.54, 1.807) is 7.11 Å². The van der Waals surface area contributed by atoms with Crippen LogP contribution in [0.5, 0.6) is 5.75 Å². The van der Waals surface area contributed by atoms with E-state index in [-0.39, 0.29) is 5.97 Å². The summed E-state index contributed by atoms with van der Waals surface area (Å²) in [6.07, 6.45) is 2.19. The van der Waals surface area contributed by atoms with E-state index in [1.165, 1.54) is 89.9 Å². The zero-order chi connectivity index (χ0) is 28.7. The van der Waals surface area contributed by atoms with Gasteiger partial charge in [-0.25, -0.2) is 4.79 Å². The van der Waals surface area contributed by atoms with Gasteiger partial charge in [0, 0.05) is 0 Å². The molecule has 3 heteroatoms. The van der Waals surface area contributed by atoms with Gasteiger partial charge in [0.2, 0.25) is 0 Å². The predicted molar refractivity (Wildman–Crippen MR) is 172 cm³/mol. The summed E-state index contributed by atoms with van der Waals surface area (Å²) in [6, 6.07) is 30.5. The first-order valence-electron chi connectivity index (χ1n) is 14.5. The van der Waals surface area contributed by atoms with Gasteiger partial charge in [0.05, 0.1) is 19.8 Å². The largest absolute Gasteiger partial charge is 0.497 e. The van der Waals surface area contributed by atoms with Crippen molar-refractivity contribution in [3.63, 3.8) is 0 Å². The molecule has 0 fully saturated rings. The lowest BCUT2D eigenvalue weighted by atomic mass is 9.81. The molecule has 0 amide bonds. The highest BCUT2D eigenvalue weighted by molar-refractivity contribution is 6.28. The van der Waals surface area contributed by atoms with Crippen LogP contribution in [0, 0.1) is 13.8 Å². The first kappa shape index (κ1) is 24.9. The van der Waals surface area contributed by atoms with E-state index >= 15 is 0 Å². The summed E-state index contributed by atoms with van der Waals surface area (Å²) in [5.74, 6) is 0.521. The summed E-state index contributed by atoms with van der Waals surface area (Å²) in [4.78, 5) is 12.3. The Morgan fingerprint density at radius 2 is 1.10 bits per heavy atom. The van der Waals surface area contributed by atoms with Gasteiger partial charge in [-0.15, -0.1) is 0 Å². The predicted octanol–water partition coefficient (Wildman–Crippen LogP) is 9.49. The molecule has 2 aliphatic carbocycles. The minimum Gasteiger partial charge on any atom is -0.497 e. The fourth-order valence-electron chi connectivity index (χ4n) is 7.28. The summed E-state index contributed by atoms with van der Waals surface area (Å²) in [7, 11) is 3.13. The van der Waals surface area contributed by atoms with Crippen molar-refractivity contribution in [3.8, 4) is 50.3 Å². The third-order valence-corrected chi connectivity index (χ3v) is 9.43. The van der Waals surface area contributed by atoms with Crippen molar-refractivity contribution in [2.24, 2.45) is 0 Å². The molecule has 0 saturated heterocycles. The standard InChI is InChI=1S/C39H30O3/c1-21-19-31-32(20-22(21)2)35(26-11-15-28(41-3)16-12-26)38-30-18-14-24-6-5-23-13-17-29(36(30)33(23)24)37(38)34(31)25-7-9-27(10-8-25)39(40)42-4/h7-20H,5-6H2,1-4H3. The van der Waals surface area contributed by atoms with E-state index in [2.05, 4.69) is 86.6 Å². The van der Waals surface area contributed by atoms with E-state index in [4.69, 9.17) is 9.47 Å². The van der Waals surface area contributed by atoms with E-state index in [0.717, 1.165) is 24.2 Å². The van der Waals surface area contributed by atoms with Gasteiger partial charge in [-0.05, 0) is 139 Å². The van der Waals surface area contributed by atoms with Crippen LogP contribution in [-0.4, -0.2) is 20.2 Å². The Balaban J connectivity index is 1.56. The number of rotatable bonds is 4. The lowest BCUT2D eigenvalue weighted by molar-refractivity contribution is 0.0600. The Morgan fingerprint density at radius 1 is 0.595 bits per heavy atom. The summed E-state index contributed by atoms with van der Waals surface area (Å²) in [5, 5.41) is 5.26. The van der Waals surface area contributed by atoms with E-state index < -0.39 is 0 Å². The monoisotopic (exact) mass is 546 g/mol. The van der Waals surface area contributed by atoms with Crippen molar-refractivity contribution >= 4 is 27.5 Å². The number of methoxy groups -OCH3 is 2. The van der Waals surface area contributed by atoms with Crippen molar-refractivity contribution < 1.29 is 14.3 Å². The summed E-state index contributed by atoms with van der Waals surface area (Å²) in [5.41, 5.74) is 15.9. The highest BCUT2D eigenvalue weighted by Gasteiger charge is 2.33. The molecule has 0 aromatic heterocycles. The van der Waals surface area contributed by atoms with Gasteiger partial charge in [-0.3, -0.25) is 0 Å². The van der Waals surface area contributed by atoms with Gasteiger partial charge in [-0.1, -0.05) is 60.7 Å². The zero-order valence-electron chi connectivity index (χ0n) is 24.2. The second-order valence-corrected chi connectivity index (χ2v) is 11.6. The SMILES string of the molecule is COC(=O)c1ccc(-c2c3c(c(-c4ccc(OC)cc4)c4cc(C)c(C)cc24)-c2ccc4c5c(ccc-3c25)CC4)cc1. The van der Waals surface area contributed by atoms with Crippen molar-refractivity contribution in [1.82, 2.24) is 0 Å². The maximum Gasteiger partial charge on any atom is 0.337 e. The molecule has 0 aliphatic heterocycles. The molecule has 0 N–H and O–H groups in total. The maximum atomic E-state index is 12.3. The van der Waals surface area contributed by atoms with Crippen LogP contribution in [0.15, 0.2) is 84.9 Å². The highest BCUT2D eigenvalue weighted by atomic mass is 16.5. The quantitative estimate of drug-likeness (QED) is 0.206. The molecule has 6 aromatic rings. The van der Waals surface area contributed by atoms with Crippen LogP contribution in [0.4, 0.5) is 0 Å². The Hall–Kier alpha value is -4.89. The van der Waals surface area contributed by atoms with Crippen LogP contribution >= 0.6 is 0 Å². The lowest BCUT2D eigenvalue weighted by Crippen LogP contribution is -2.00. The van der Waals surface area contributed by atoms with Crippen LogP contribution in [0.3, 0.4) is 0 Å². The Labute approximate surface area is 245 Å². The number of hydrogen-bond donors (Lipinski definition) is 0. The van der Waals surface area contributed by atoms with Gasteiger partial charge in [0.25, 0.3) is 0 Å². The molecule has 0 saturated carbocycles. The lowest BCUT2D eigenvalue weighted by Gasteiger charge is -2.22. The fourth-order valence-corrected chi connectivity index (χ4v) is 7.28. The Bertz CT molecular complexity index is 2110. The molecule has 0 radical (unpaired) electrons. The molecule has 3 nitrogen and oxygen atoms in total. The molecule has 2 aliphatic rings. The van der Waals surface area contributed by atoms with Crippen molar-refractivity contribution in [1.29, 1.82) is 0 Å². The molecule has 0 bridgehead atoms. The second-order valence-electron chi connectivity index (χ2n) is 11.6. The van der Waals surface area contributed by atoms with Gasteiger partial charge in [0.1, 0.15) is 5.75 Å². The van der Waals surface area contributed by atoms with Gasteiger partial charge < -0.3 is 9.47 Å². The Kier molecular flexibility index (Phi) is 5.36. The summed E-state index contributed by atoms with van der Waals surface area (Å²) < 4.78 is 10.5. The van der Waals surface area contributed by atoms with Crippen LogP contribution in [0.25, 0.3) is 66.1 Å². The molecule has 0 spiro atoms. The number of ether oxygens (including phenoxy) is 2. The molecule has 204 valence electrons. The van der Waals surface area contributed by atoms with Crippen LogP contribution in [0.2, 0.25) is 0 Å². The van der Waals surface area contributed by atoms with Crippen molar-refractivity contribution in [2.75, 3.05) is 14.2 Å². The normalized spacial score (nSPS) is 12.7. The molecular formula is C39H30O3. The van der Waals surface area contributed by atoms with Gasteiger partial charge in [0.15, 0.2) is 0 Å². The average molecular weight is 547 g/mol. The molecule has 42 heavy (non-hydrogen) atoms. The number of esters is 1. The van der Waals surface area contributed by atoms with Crippen molar-refractivity contribution in [2.45, 2.75) is 26.7 Å². The van der Waals surface area contributed by atoms with E-state index in [9.17, 15) is 4.79 Å². The van der Waals surface area contributed by atoms with E-state index in [0.29, 0.717) is 5.56 Å². The number of carbonyl (C=O) groups excluding carboxylic acids is 1. The first-order chi connectivity index (χ1) is 20.5. The number of aryl methyl sites for hydroxylation is 4. The summed E-state index contributed by atoms with van der Waals surface area (Å²) >= 11 is 0. The molecular weight excluding hydrogens is 516 g/mol. The third kappa shape index (κ3) is 3.37. The third-order valence-electron chi connectivity index (χ3n) is 9.43. The number of carbonyl (C=O) groups is 1. The van der Waals surface area contributed by atoms with Crippen LogP contribution in [-0.2, 0) is 17.6 Å². The first-order valence-corrected chi connectivity index (χ1v) is 14.5. The molecule has 6 aromatic carbocycles. The van der Waals surface area contributed by atoms with Crippen LogP contribution < -0.4 is 4.74 Å². The zero-order valence-corrected chi connectivity index (χ0v) is 24.2. The Morgan fingerprint density at radius 3 is 1.57 bits per heavy atom. The van der Waals surface area contributed by atoms with Gasteiger partial charge >= 0.3 is 5.97 Å². The summed E-state index contributed by atoms with van der Waals surface area (Å²) in [6.45, 7) is 4.39.